The van der Waals surface area contributed by atoms with Crippen molar-refractivity contribution in [1.29, 1.82) is 0 Å². The third-order valence-corrected chi connectivity index (χ3v) is 1.96. The highest BCUT2D eigenvalue weighted by molar-refractivity contribution is 4.78. The van der Waals surface area contributed by atoms with E-state index in [4.69, 9.17) is 4.74 Å². The van der Waals surface area contributed by atoms with Crippen LogP contribution in [0.5, 0.6) is 0 Å². The van der Waals surface area contributed by atoms with Crippen LogP contribution in [0, 0.1) is 0 Å². The summed E-state index contributed by atoms with van der Waals surface area (Å²) in [6, 6.07) is 0. The van der Waals surface area contributed by atoms with Gasteiger partial charge in [0.25, 0.3) is 0 Å². The Balaban J connectivity index is 1.66. The minimum atomic E-state index is 0.669. The summed E-state index contributed by atoms with van der Waals surface area (Å²) in [7, 11) is 0. The van der Waals surface area contributed by atoms with Crippen molar-refractivity contribution in [2.24, 2.45) is 0 Å². The van der Waals surface area contributed by atoms with Crippen LogP contribution in [0.15, 0.2) is 0 Å². The first kappa shape index (κ1) is 4.80. The zero-order valence-electron chi connectivity index (χ0n) is 5.10. The highest BCUT2D eigenvalue weighted by atomic mass is 16.5. The van der Waals surface area contributed by atoms with Crippen LogP contribution < -0.4 is 0 Å². The molecular formula is C7H12O. The van der Waals surface area contributed by atoms with Gasteiger partial charge in [-0.15, -0.1) is 0 Å². The Kier molecular flexibility index (Phi) is 1.04. The predicted molar refractivity (Wildman–Crippen MR) is 31.7 cm³/mol. The summed E-state index contributed by atoms with van der Waals surface area (Å²) in [6.45, 7) is 0. The van der Waals surface area contributed by atoms with Gasteiger partial charge in [0.2, 0.25) is 0 Å². The van der Waals surface area contributed by atoms with Gasteiger partial charge >= 0.3 is 0 Å². The lowest BCUT2D eigenvalue weighted by molar-refractivity contribution is -0.00888. The Morgan fingerprint density at radius 3 is 1.88 bits per heavy atom. The monoisotopic (exact) mass is 112 g/mol. The van der Waals surface area contributed by atoms with Gasteiger partial charge in [-0.25, -0.2) is 0 Å². The van der Waals surface area contributed by atoms with E-state index < -0.39 is 0 Å². The molecule has 1 heteroatoms. The van der Waals surface area contributed by atoms with Gasteiger partial charge in [0, 0.05) is 0 Å². The lowest BCUT2D eigenvalue weighted by atomic mass is 9.96. The van der Waals surface area contributed by atoms with Gasteiger partial charge in [0.15, 0.2) is 0 Å². The molecule has 46 valence electrons. The fourth-order valence-electron chi connectivity index (χ4n) is 0.983. The minimum Gasteiger partial charge on any atom is -0.375 e. The summed E-state index contributed by atoms with van der Waals surface area (Å²) in [5.74, 6) is 0. The van der Waals surface area contributed by atoms with Gasteiger partial charge in [0.1, 0.15) is 0 Å². The lowest BCUT2D eigenvalue weighted by Gasteiger charge is -2.25. The SMILES string of the molecule is C1CC(OC2CC2)C1. The molecular weight excluding hydrogens is 100 g/mol. The van der Waals surface area contributed by atoms with Crippen molar-refractivity contribution in [3.05, 3.63) is 0 Å². The molecule has 8 heavy (non-hydrogen) atoms. The quantitative estimate of drug-likeness (QED) is 0.528. The molecule has 0 aromatic carbocycles. The van der Waals surface area contributed by atoms with Gasteiger partial charge in [-0.3, -0.25) is 0 Å². The van der Waals surface area contributed by atoms with Crippen LogP contribution in [0.4, 0.5) is 0 Å². The Morgan fingerprint density at radius 2 is 1.50 bits per heavy atom. The van der Waals surface area contributed by atoms with E-state index in [1.165, 1.54) is 32.1 Å². The second kappa shape index (κ2) is 1.73. The third kappa shape index (κ3) is 0.873. The normalized spacial score (nSPS) is 30.0. The van der Waals surface area contributed by atoms with Crippen LogP contribution in [0.25, 0.3) is 0 Å². The fraction of sp³-hybridized carbons (Fsp3) is 1.00. The molecule has 2 saturated carbocycles. The maximum Gasteiger partial charge on any atom is 0.0580 e. The van der Waals surface area contributed by atoms with Crippen LogP contribution in [0.3, 0.4) is 0 Å². The lowest BCUT2D eigenvalue weighted by Crippen LogP contribution is -2.22. The molecule has 2 aliphatic rings. The topological polar surface area (TPSA) is 9.23 Å². The first-order valence-electron chi connectivity index (χ1n) is 3.60. The molecule has 1 nitrogen and oxygen atoms in total. The third-order valence-electron chi connectivity index (χ3n) is 1.96. The summed E-state index contributed by atoms with van der Waals surface area (Å²) in [5.41, 5.74) is 0. The number of hydrogen-bond acceptors (Lipinski definition) is 1. The van der Waals surface area contributed by atoms with Gasteiger partial charge < -0.3 is 4.74 Å². The first-order valence-corrected chi connectivity index (χ1v) is 3.60. The Morgan fingerprint density at radius 1 is 0.875 bits per heavy atom. The smallest absolute Gasteiger partial charge is 0.0580 e. The van der Waals surface area contributed by atoms with Crippen molar-refractivity contribution < 1.29 is 4.74 Å². The highest BCUT2D eigenvalue weighted by Crippen LogP contribution is 2.31. The molecule has 2 aliphatic carbocycles. The van der Waals surface area contributed by atoms with Crippen LogP contribution in [0.2, 0.25) is 0 Å². The summed E-state index contributed by atoms with van der Waals surface area (Å²) >= 11 is 0. The molecule has 0 unspecified atom stereocenters. The molecule has 0 aliphatic heterocycles. The van der Waals surface area contributed by atoms with Crippen molar-refractivity contribution in [3.8, 4) is 0 Å². The molecule has 0 atom stereocenters. The second-order valence-corrected chi connectivity index (χ2v) is 2.89. The second-order valence-electron chi connectivity index (χ2n) is 2.89. The molecule has 0 spiro atoms. The number of ether oxygens (including phenoxy) is 1. The Hall–Kier alpha value is -0.0400. The average Bonchev–Trinajstić information content (AvgIpc) is 2.36. The Labute approximate surface area is 50.0 Å². The number of hydrogen-bond donors (Lipinski definition) is 0. The molecule has 0 saturated heterocycles. The molecule has 0 N–H and O–H groups in total. The molecule has 2 rings (SSSR count). The Bertz CT molecular complexity index is 82.4. The largest absolute Gasteiger partial charge is 0.375 e. The molecule has 0 heterocycles. The van der Waals surface area contributed by atoms with Crippen molar-refractivity contribution in [3.63, 3.8) is 0 Å². The highest BCUT2D eigenvalue weighted by Gasteiger charge is 2.28. The molecule has 0 radical (unpaired) electrons. The van der Waals surface area contributed by atoms with E-state index >= 15 is 0 Å². The van der Waals surface area contributed by atoms with Crippen LogP contribution >= 0.6 is 0 Å². The summed E-state index contributed by atoms with van der Waals surface area (Å²) < 4.78 is 5.60. The van der Waals surface area contributed by atoms with Crippen molar-refractivity contribution in [1.82, 2.24) is 0 Å². The van der Waals surface area contributed by atoms with E-state index in [-0.39, 0.29) is 0 Å². The minimum absolute atomic E-state index is 0.669. The standard InChI is InChI=1S/C7H12O/c1-2-6(3-1)8-7-4-5-7/h6-7H,1-5H2. The molecule has 0 aromatic rings. The maximum atomic E-state index is 5.60. The summed E-state index contributed by atoms with van der Waals surface area (Å²) in [6.07, 6.45) is 8.07. The first-order chi connectivity index (χ1) is 3.95. The molecule has 0 amide bonds. The van der Waals surface area contributed by atoms with Crippen molar-refractivity contribution in [2.75, 3.05) is 0 Å². The van der Waals surface area contributed by atoms with Crippen LogP contribution in [-0.4, -0.2) is 12.2 Å². The predicted octanol–water partition coefficient (Wildman–Crippen LogP) is 1.72. The van der Waals surface area contributed by atoms with E-state index in [2.05, 4.69) is 0 Å². The van der Waals surface area contributed by atoms with Gasteiger partial charge in [-0.1, -0.05) is 0 Å². The summed E-state index contributed by atoms with van der Waals surface area (Å²) in [5, 5.41) is 0. The fourth-order valence-corrected chi connectivity index (χ4v) is 0.983. The van der Waals surface area contributed by atoms with E-state index in [1.807, 2.05) is 0 Å². The molecule has 0 bridgehead atoms. The van der Waals surface area contributed by atoms with Gasteiger partial charge in [-0.05, 0) is 32.1 Å². The molecule has 2 fully saturated rings. The van der Waals surface area contributed by atoms with E-state index in [1.54, 1.807) is 0 Å². The van der Waals surface area contributed by atoms with Crippen molar-refractivity contribution in [2.45, 2.75) is 44.3 Å². The van der Waals surface area contributed by atoms with Crippen LogP contribution in [-0.2, 0) is 4.74 Å². The van der Waals surface area contributed by atoms with E-state index in [0.29, 0.717) is 12.2 Å². The van der Waals surface area contributed by atoms with E-state index in [9.17, 15) is 0 Å². The average molecular weight is 112 g/mol. The van der Waals surface area contributed by atoms with Crippen molar-refractivity contribution >= 4 is 0 Å². The zero-order valence-corrected chi connectivity index (χ0v) is 5.10. The van der Waals surface area contributed by atoms with E-state index in [0.717, 1.165) is 0 Å². The summed E-state index contributed by atoms with van der Waals surface area (Å²) in [4.78, 5) is 0. The molecule has 0 aromatic heterocycles. The van der Waals surface area contributed by atoms with Gasteiger partial charge in [0.05, 0.1) is 12.2 Å². The zero-order chi connectivity index (χ0) is 5.40. The van der Waals surface area contributed by atoms with Gasteiger partial charge in [-0.2, -0.15) is 0 Å². The maximum absolute atomic E-state index is 5.60. The van der Waals surface area contributed by atoms with Crippen LogP contribution in [0.1, 0.15) is 32.1 Å². The number of rotatable bonds is 2.